The standard InChI is InChI=1S/C20H19N5O3S/c1-4-27-20(26)15-11(3)28-18-16(15)17(21)24-14(25-18)9-29-19-10(2)22-12-7-5-6-8-13(12)23-19/h5-8H,4,9H2,1-3H3,(H2,21,24,25). The quantitative estimate of drug-likeness (QED) is 0.387. The molecule has 0 fully saturated rings. The minimum atomic E-state index is -0.497. The number of ether oxygens (including phenoxy) is 1. The molecule has 4 aromatic rings. The van der Waals surface area contributed by atoms with Crippen LogP contribution in [0.1, 0.15) is 34.6 Å². The normalized spacial score (nSPS) is 11.3. The highest BCUT2D eigenvalue weighted by molar-refractivity contribution is 7.98. The van der Waals surface area contributed by atoms with Crippen LogP contribution in [-0.4, -0.2) is 32.5 Å². The summed E-state index contributed by atoms with van der Waals surface area (Å²) in [6, 6.07) is 7.72. The number of nitrogens with zero attached hydrogens (tertiary/aromatic N) is 4. The molecule has 0 spiro atoms. The average Bonchev–Trinajstić information content (AvgIpc) is 3.03. The number of nitrogens with two attached hydrogens (primary N) is 1. The number of carbonyl (C=O) groups excluding carboxylic acids is 1. The molecule has 0 unspecified atom stereocenters. The van der Waals surface area contributed by atoms with Gasteiger partial charge in [0.2, 0.25) is 5.71 Å². The van der Waals surface area contributed by atoms with Crippen LogP contribution in [0.4, 0.5) is 5.82 Å². The van der Waals surface area contributed by atoms with Crippen LogP contribution in [0.25, 0.3) is 22.1 Å². The van der Waals surface area contributed by atoms with Gasteiger partial charge in [-0.25, -0.2) is 19.7 Å². The van der Waals surface area contributed by atoms with Crippen molar-refractivity contribution in [2.75, 3.05) is 12.3 Å². The van der Waals surface area contributed by atoms with Gasteiger partial charge >= 0.3 is 5.97 Å². The SMILES string of the molecule is CCOC(=O)c1c(C)oc2nc(CSc3nc4ccccc4nc3C)nc(N)c12. The number of fused-ring (bicyclic) bond motifs is 2. The third-order valence-corrected chi connectivity index (χ3v) is 5.38. The number of hydrogen-bond acceptors (Lipinski definition) is 9. The second-order valence-electron chi connectivity index (χ2n) is 6.35. The molecule has 29 heavy (non-hydrogen) atoms. The third kappa shape index (κ3) is 3.61. The highest BCUT2D eigenvalue weighted by atomic mass is 32.2. The van der Waals surface area contributed by atoms with E-state index in [0.717, 1.165) is 21.8 Å². The summed E-state index contributed by atoms with van der Waals surface area (Å²) in [6.07, 6.45) is 0. The molecule has 0 bridgehead atoms. The van der Waals surface area contributed by atoms with Gasteiger partial charge in [0.05, 0.1) is 34.5 Å². The van der Waals surface area contributed by atoms with E-state index in [9.17, 15) is 4.79 Å². The first-order chi connectivity index (χ1) is 14.0. The van der Waals surface area contributed by atoms with E-state index in [-0.39, 0.29) is 23.7 Å². The first kappa shape index (κ1) is 19.1. The summed E-state index contributed by atoms with van der Waals surface area (Å²) >= 11 is 1.47. The third-order valence-electron chi connectivity index (χ3n) is 4.32. The summed E-state index contributed by atoms with van der Waals surface area (Å²) in [6.45, 7) is 5.59. The molecular formula is C20H19N5O3S. The molecule has 0 aliphatic carbocycles. The average molecular weight is 409 g/mol. The number of nitrogen functional groups attached to an aromatic ring is 1. The molecule has 148 valence electrons. The van der Waals surface area contributed by atoms with Gasteiger partial charge in [0.1, 0.15) is 28.0 Å². The van der Waals surface area contributed by atoms with E-state index in [1.807, 2.05) is 31.2 Å². The summed E-state index contributed by atoms with van der Waals surface area (Å²) in [5.41, 5.74) is 9.19. The summed E-state index contributed by atoms with van der Waals surface area (Å²) in [7, 11) is 0. The summed E-state index contributed by atoms with van der Waals surface area (Å²) in [4.78, 5) is 30.3. The van der Waals surface area contributed by atoms with Crippen molar-refractivity contribution < 1.29 is 13.9 Å². The Morgan fingerprint density at radius 1 is 1.14 bits per heavy atom. The maximum Gasteiger partial charge on any atom is 0.342 e. The number of para-hydroxylation sites is 2. The number of furan rings is 1. The van der Waals surface area contributed by atoms with Gasteiger partial charge in [-0.3, -0.25) is 0 Å². The number of anilines is 1. The molecule has 0 radical (unpaired) electrons. The van der Waals surface area contributed by atoms with E-state index >= 15 is 0 Å². The fourth-order valence-corrected chi connectivity index (χ4v) is 3.85. The molecule has 1 aromatic carbocycles. The first-order valence-electron chi connectivity index (χ1n) is 9.06. The maximum absolute atomic E-state index is 12.2. The van der Waals surface area contributed by atoms with Crippen molar-refractivity contribution in [2.24, 2.45) is 0 Å². The number of aryl methyl sites for hydroxylation is 2. The van der Waals surface area contributed by atoms with Crippen LogP contribution in [0, 0.1) is 13.8 Å². The number of thioether (sulfide) groups is 1. The number of hydrogen-bond donors (Lipinski definition) is 1. The number of aromatic nitrogens is 4. The number of esters is 1. The van der Waals surface area contributed by atoms with Crippen molar-refractivity contribution in [2.45, 2.75) is 31.6 Å². The van der Waals surface area contributed by atoms with Crippen molar-refractivity contribution in [3.63, 3.8) is 0 Å². The topological polar surface area (TPSA) is 117 Å². The number of rotatable bonds is 5. The maximum atomic E-state index is 12.2. The van der Waals surface area contributed by atoms with Gasteiger partial charge in [0, 0.05) is 0 Å². The van der Waals surface area contributed by atoms with Crippen LogP contribution in [-0.2, 0) is 10.5 Å². The predicted molar refractivity (Wildman–Crippen MR) is 111 cm³/mol. The largest absolute Gasteiger partial charge is 0.462 e. The van der Waals surface area contributed by atoms with Crippen molar-refractivity contribution >= 4 is 45.7 Å². The lowest BCUT2D eigenvalue weighted by Crippen LogP contribution is -2.07. The van der Waals surface area contributed by atoms with E-state index in [1.54, 1.807) is 13.8 Å². The Morgan fingerprint density at radius 2 is 1.86 bits per heavy atom. The minimum Gasteiger partial charge on any atom is -0.462 e. The Morgan fingerprint density at radius 3 is 2.59 bits per heavy atom. The molecule has 3 aromatic heterocycles. The molecular weight excluding hydrogens is 390 g/mol. The van der Waals surface area contributed by atoms with E-state index in [2.05, 4.69) is 19.9 Å². The van der Waals surface area contributed by atoms with E-state index in [1.165, 1.54) is 11.8 Å². The Hall–Kier alpha value is -3.20. The van der Waals surface area contributed by atoms with Gasteiger partial charge in [-0.05, 0) is 32.9 Å². The van der Waals surface area contributed by atoms with E-state index < -0.39 is 5.97 Å². The molecule has 4 rings (SSSR count). The van der Waals surface area contributed by atoms with Crippen LogP contribution < -0.4 is 5.73 Å². The molecule has 8 nitrogen and oxygen atoms in total. The fraction of sp³-hybridized carbons (Fsp3) is 0.250. The summed E-state index contributed by atoms with van der Waals surface area (Å²) < 4.78 is 10.7. The van der Waals surface area contributed by atoms with Crippen molar-refractivity contribution in [3.05, 3.63) is 47.1 Å². The van der Waals surface area contributed by atoms with Gasteiger partial charge in [-0.15, -0.1) is 0 Å². The van der Waals surface area contributed by atoms with Crippen LogP contribution >= 0.6 is 11.8 Å². The molecule has 3 heterocycles. The molecule has 0 amide bonds. The number of carbonyl (C=O) groups is 1. The fourth-order valence-electron chi connectivity index (χ4n) is 3.04. The first-order valence-corrected chi connectivity index (χ1v) is 10.0. The molecule has 0 aliphatic heterocycles. The predicted octanol–water partition coefficient (Wildman–Crippen LogP) is 3.83. The zero-order chi connectivity index (χ0) is 20.5. The molecule has 2 N–H and O–H groups in total. The van der Waals surface area contributed by atoms with Gasteiger partial charge in [-0.2, -0.15) is 4.98 Å². The Bertz CT molecular complexity index is 1240. The lowest BCUT2D eigenvalue weighted by molar-refractivity contribution is 0.0526. The smallest absolute Gasteiger partial charge is 0.342 e. The Labute approximate surface area is 170 Å². The molecule has 9 heteroatoms. The lowest BCUT2D eigenvalue weighted by atomic mass is 10.2. The Kier molecular flexibility index (Phi) is 5.06. The zero-order valence-corrected chi connectivity index (χ0v) is 17.0. The van der Waals surface area contributed by atoms with Crippen LogP contribution in [0.15, 0.2) is 33.7 Å². The molecule has 0 aliphatic rings. The second-order valence-corrected chi connectivity index (χ2v) is 7.31. The highest BCUT2D eigenvalue weighted by Gasteiger charge is 2.24. The van der Waals surface area contributed by atoms with Gasteiger partial charge in [0.25, 0.3) is 0 Å². The molecule has 0 saturated heterocycles. The second kappa shape index (κ2) is 7.67. The lowest BCUT2D eigenvalue weighted by Gasteiger charge is -2.06. The molecule has 0 saturated carbocycles. The molecule has 0 atom stereocenters. The summed E-state index contributed by atoms with van der Waals surface area (Å²) in [5.74, 6) is 1.01. The zero-order valence-electron chi connectivity index (χ0n) is 16.2. The van der Waals surface area contributed by atoms with Gasteiger partial charge in [0.15, 0.2) is 0 Å². The van der Waals surface area contributed by atoms with E-state index in [4.69, 9.17) is 14.9 Å². The monoisotopic (exact) mass is 409 g/mol. The van der Waals surface area contributed by atoms with Crippen molar-refractivity contribution in [1.82, 2.24) is 19.9 Å². The van der Waals surface area contributed by atoms with Crippen molar-refractivity contribution in [1.29, 1.82) is 0 Å². The minimum absolute atomic E-state index is 0.187. The van der Waals surface area contributed by atoms with Crippen LogP contribution in [0.2, 0.25) is 0 Å². The van der Waals surface area contributed by atoms with Gasteiger partial charge < -0.3 is 14.9 Å². The van der Waals surface area contributed by atoms with Crippen LogP contribution in [0.3, 0.4) is 0 Å². The van der Waals surface area contributed by atoms with Crippen LogP contribution in [0.5, 0.6) is 0 Å². The van der Waals surface area contributed by atoms with E-state index in [0.29, 0.717) is 22.7 Å². The Balaban J connectivity index is 1.64. The van der Waals surface area contributed by atoms with Gasteiger partial charge in [-0.1, -0.05) is 23.9 Å². The summed E-state index contributed by atoms with van der Waals surface area (Å²) in [5, 5.41) is 1.19. The highest BCUT2D eigenvalue weighted by Crippen LogP contribution is 2.30. The number of benzene rings is 1. The van der Waals surface area contributed by atoms with Crippen molar-refractivity contribution in [3.8, 4) is 0 Å².